The fourth-order valence-electron chi connectivity index (χ4n) is 4.03. The molecule has 0 spiro atoms. The molecule has 0 heterocycles. The lowest BCUT2D eigenvalue weighted by atomic mass is 9.91. The third-order valence-corrected chi connectivity index (χ3v) is 6.05. The molecule has 31 heavy (non-hydrogen) atoms. The van der Waals surface area contributed by atoms with Crippen LogP contribution in [0.1, 0.15) is 109 Å². The molecule has 4 nitrogen and oxygen atoms in total. The van der Waals surface area contributed by atoms with Crippen LogP contribution in [-0.4, -0.2) is 28.9 Å². The van der Waals surface area contributed by atoms with Crippen LogP contribution < -0.4 is 0 Å². The molecular weight excluding hydrogens is 388 g/mol. The van der Waals surface area contributed by atoms with E-state index in [0.29, 0.717) is 19.4 Å². The summed E-state index contributed by atoms with van der Waals surface area (Å²) < 4.78 is 5.70. The average molecular weight is 435 g/mol. The highest BCUT2D eigenvalue weighted by atomic mass is 16.5. The molecule has 0 aliphatic rings. The number of ether oxygens (including phenoxy) is 1. The van der Waals surface area contributed by atoms with E-state index < -0.39 is 18.0 Å². The number of rotatable bonds is 21. The standard InChI is InChI=1S/C27H46O4/c1-2-3-4-5-6-10-16-21-26(28)25(27(29)30)20-15-9-7-8-11-17-22-31-23-24-18-13-12-14-19-24/h12-14,18-19,25-26,28H,2-11,15-17,20-23H2,1H3,(H,29,30). The SMILES string of the molecule is CCCCCCCCCC(O)C(CCCCCCCCOCc1ccccc1)C(=O)O. The summed E-state index contributed by atoms with van der Waals surface area (Å²) in [6.45, 7) is 3.69. The lowest BCUT2D eigenvalue weighted by Gasteiger charge is -2.19. The van der Waals surface area contributed by atoms with Crippen molar-refractivity contribution in [2.75, 3.05) is 6.61 Å². The number of unbranched alkanes of at least 4 members (excludes halogenated alkanes) is 11. The van der Waals surface area contributed by atoms with E-state index in [1.54, 1.807) is 0 Å². The smallest absolute Gasteiger partial charge is 0.309 e. The molecule has 1 aromatic carbocycles. The van der Waals surface area contributed by atoms with Crippen molar-refractivity contribution in [3.05, 3.63) is 35.9 Å². The van der Waals surface area contributed by atoms with Crippen LogP contribution in [0.5, 0.6) is 0 Å². The fraction of sp³-hybridized carbons (Fsp3) is 0.741. The van der Waals surface area contributed by atoms with Gasteiger partial charge in [0.05, 0.1) is 18.6 Å². The van der Waals surface area contributed by atoms with Gasteiger partial charge in [0.15, 0.2) is 0 Å². The predicted molar refractivity (Wildman–Crippen MR) is 128 cm³/mol. The van der Waals surface area contributed by atoms with Gasteiger partial charge in [-0.25, -0.2) is 0 Å². The van der Waals surface area contributed by atoms with E-state index >= 15 is 0 Å². The van der Waals surface area contributed by atoms with Crippen LogP contribution in [0, 0.1) is 5.92 Å². The molecule has 0 saturated heterocycles. The first-order valence-electron chi connectivity index (χ1n) is 12.7. The number of hydrogen-bond acceptors (Lipinski definition) is 3. The second-order valence-electron chi connectivity index (χ2n) is 8.87. The van der Waals surface area contributed by atoms with Crippen molar-refractivity contribution in [3.63, 3.8) is 0 Å². The van der Waals surface area contributed by atoms with Crippen molar-refractivity contribution in [1.29, 1.82) is 0 Å². The normalized spacial score (nSPS) is 13.2. The molecule has 0 bridgehead atoms. The van der Waals surface area contributed by atoms with Crippen molar-refractivity contribution in [2.45, 2.75) is 116 Å². The largest absolute Gasteiger partial charge is 0.481 e. The third kappa shape index (κ3) is 15.1. The van der Waals surface area contributed by atoms with Crippen molar-refractivity contribution < 1.29 is 19.7 Å². The van der Waals surface area contributed by atoms with Gasteiger partial charge in [0.1, 0.15) is 0 Å². The minimum absolute atomic E-state index is 0.590. The monoisotopic (exact) mass is 434 g/mol. The van der Waals surface area contributed by atoms with Crippen LogP contribution in [0.4, 0.5) is 0 Å². The minimum Gasteiger partial charge on any atom is -0.481 e. The second kappa shape index (κ2) is 19.3. The molecule has 2 atom stereocenters. The van der Waals surface area contributed by atoms with Gasteiger partial charge >= 0.3 is 5.97 Å². The summed E-state index contributed by atoms with van der Waals surface area (Å²) in [5.74, 6) is -1.45. The topological polar surface area (TPSA) is 66.8 Å². The van der Waals surface area contributed by atoms with Gasteiger partial charge in [-0.3, -0.25) is 4.79 Å². The number of aliphatic hydroxyl groups excluding tert-OH is 1. The van der Waals surface area contributed by atoms with Crippen LogP contribution in [-0.2, 0) is 16.1 Å². The lowest BCUT2D eigenvalue weighted by molar-refractivity contribution is -0.146. The van der Waals surface area contributed by atoms with Gasteiger partial charge in [-0.1, -0.05) is 114 Å². The Hall–Kier alpha value is -1.39. The molecule has 0 aliphatic carbocycles. The average Bonchev–Trinajstić information content (AvgIpc) is 2.77. The minimum atomic E-state index is -0.842. The van der Waals surface area contributed by atoms with E-state index in [4.69, 9.17) is 4.74 Å². The second-order valence-corrected chi connectivity index (χ2v) is 8.87. The van der Waals surface area contributed by atoms with Crippen molar-refractivity contribution in [3.8, 4) is 0 Å². The van der Waals surface area contributed by atoms with Crippen molar-refractivity contribution in [1.82, 2.24) is 0 Å². The molecular formula is C27H46O4. The van der Waals surface area contributed by atoms with Crippen LogP contribution in [0.3, 0.4) is 0 Å². The van der Waals surface area contributed by atoms with Gasteiger partial charge in [-0.05, 0) is 24.8 Å². The quantitative estimate of drug-likeness (QED) is 0.202. The van der Waals surface area contributed by atoms with Gasteiger partial charge in [-0.15, -0.1) is 0 Å². The molecule has 0 saturated carbocycles. The summed E-state index contributed by atoms with van der Waals surface area (Å²) in [5, 5.41) is 19.8. The summed E-state index contributed by atoms with van der Waals surface area (Å²) in [4.78, 5) is 11.5. The van der Waals surface area contributed by atoms with Crippen LogP contribution in [0.2, 0.25) is 0 Å². The predicted octanol–water partition coefficient (Wildman–Crippen LogP) is 7.14. The van der Waals surface area contributed by atoms with Crippen molar-refractivity contribution >= 4 is 5.97 Å². The zero-order chi connectivity index (χ0) is 22.6. The van der Waals surface area contributed by atoms with E-state index in [-0.39, 0.29) is 0 Å². The molecule has 2 unspecified atom stereocenters. The van der Waals surface area contributed by atoms with E-state index in [2.05, 4.69) is 19.1 Å². The maximum Gasteiger partial charge on any atom is 0.309 e. The number of carboxylic acid groups (broad SMARTS) is 1. The highest BCUT2D eigenvalue weighted by molar-refractivity contribution is 5.70. The van der Waals surface area contributed by atoms with Crippen LogP contribution in [0.25, 0.3) is 0 Å². The van der Waals surface area contributed by atoms with Crippen LogP contribution in [0.15, 0.2) is 30.3 Å². The van der Waals surface area contributed by atoms with Gasteiger partial charge in [0.2, 0.25) is 0 Å². The van der Waals surface area contributed by atoms with Gasteiger partial charge in [-0.2, -0.15) is 0 Å². The Morgan fingerprint density at radius 1 is 0.806 bits per heavy atom. The maximum absolute atomic E-state index is 11.5. The molecule has 0 fully saturated rings. The third-order valence-electron chi connectivity index (χ3n) is 6.05. The first-order valence-corrected chi connectivity index (χ1v) is 12.7. The molecule has 1 aromatic rings. The summed E-state index contributed by atoms with van der Waals surface area (Å²) in [6.07, 6.45) is 15.3. The molecule has 1 rings (SSSR count). The Balaban J connectivity index is 1.98. The molecule has 0 radical (unpaired) electrons. The molecule has 0 aliphatic heterocycles. The molecule has 2 N–H and O–H groups in total. The Bertz CT molecular complexity index is 531. The molecule has 0 aromatic heterocycles. The Labute approximate surface area is 190 Å². The van der Waals surface area contributed by atoms with Crippen molar-refractivity contribution in [2.24, 2.45) is 5.92 Å². The number of carbonyl (C=O) groups is 1. The van der Waals surface area contributed by atoms with Gasteiger partial charge in [0.25, 0.3) is 0 Å². The highest BCUT2D eigenvalue weighted by Crippen LogP contribution is 2.20. The number of aliphatic carboxylic acids is 1. The Morgan fingerprint density at radius 3 is 1.97 bits per heavy atom. The fourth-order valence-corrected chi connectivity index (χ4v) is 4.03. The highest BCUT2D eigenvalue weighted by Gasteiger charge is 2.25. The number of benzene rings is 1. The van der Waals surface area contributed by atoms with Gasteiger partial charge in [0, 0.05) is 6.61 Å². The van der Waals surface area contributed by atoms with Crippen LogP contribution >= 0.6 is 0 Å². The summed E-state index contributed by atoms with van der Waals surface area (Å²) in [5.41, 5.74) is 1.21. The summed E-state index contributed by atoms with van der Waals surface area (Å²) >= 11 is 0. The van der Waals surface area contributed by atoms with E-state index in [0.717, 1.165) is 58.0 Å². The van der Waals surface area contributed by atoms with E-state index in [1.807, 2.05) is 18.2 Å². The summed E-state index contributed by atoms with van der Waals surface area (Å²) in [7, 11) is 0. The lowest BCUT2D eigenvalue weighted by Crippen LogP contribution is -2.28. The van der Waals surface area contributed by atoms with E-state index in [1.165, 1.54) is 37.7 Å². The number of carboxylic acids is 1. The molecule has 178 valence electrons. The number of hydrogen-bond donors (Lipinski definition) is 2. The Morgan fingerprint density at radius 2 is 1.35 bits per heavy atom. The molecule has 0 amide bonds. The summed E-state index contributed by atoms with van der Waals surface area (Å²) in [6, 6.07) is 10.2. The first-order chi connectivity index (χ1) is 15.1. The maximum atomic E-state index is 11.5. The zero-order valence-corrected chi connectivity index (χ0v) is 19.8. The zero-order valence-electron chi connectivity index (χ0n) is 19.8. The Kier molecular flexibility index (Phi) is 17.2. The number of aliphatic hydroxyl groups is 1. The first kappa shape index (κ1) is 27.6. The van der Waals surface area contributed by atoms with Gasteiger partial charge < -0.3 is 14.9 Å². The van der Waals surface area contributed by atoms with E-state index in [9.17, 15) is 15.0 Å². The molecule has 4 heteroatoms.